The summed E-state index contributed by atoms with van der Waals surface area (Å²) in [6.45, 7) is 0.175. The Morgan fingerprint density at radius 1 is 1.14 bits per heavy atom. The topological polar surface area (TPSA) is 55.6 Å². The van der Waals surface area contributed by atoms with Gasteiger partial charge in [-0.15, -0.1) is 0 Å². The second kappa shape index (κ2) is 5.66. The van der Waals surface area contributed by atoms with E-state index in [2.05, 4.69) is 20.4 Å². The Morgan fingerprint density at radius 3 is 2.76 bits per heavy atom. The van der Waals surface area contributed by atoms with E-state index in [-0.39, 0.29) is 12.1 Å². The highest BCUT2D eigenvalue weighted by Gasteiger charge is 2.07. The van der Waals surface area contributed by atoms with Gasteiger partial charge in [0, 0.05) is 12.1 Å². The lowest BCUT2D eigenvalue weighted by Gasteiger charge is -2.08. The minimum Gasteiger partial charge on any atom is -0.380 e. The first-order chi connectivity index (χ1) is 10.2. The summed E-state index contributed by atoms with van der Waals surface area (Å²) >= 11 is 0. The van der Waals surface area contributed by atoms with Gasteiger partial charge in [-0.2, -0.15) is 5.10 Å². The molecule has 0 radical (unpaired) electrons. The van der Waals surface area contributed by atoms with Crippen molar-refractivity contribution in [2.24, 2.45) is 0 Å². The molecule has 0 fully saturated rings. The van der Waals surface area contributed by atoms with Crippen LogP contribution in [0.4, 0.5) is 14.5 Å². The lowest BCUT2D eigenvalue weighted by molar-refractivity contribution is 0.500. The molecule has 0 bridgehead atoms. The Balaban J connectivity index is 1.70. The van der Waals surface area contributed by atoms with Crippen LogP contribution in [0.3, 0.4) is 0 Å². The van der Waals surface area contributed by atoms with Crippen molar-refractivity contribution in [3.05, 3.63) is 66.4 Å². The molecular formula is C14H11F2N5. The Bertz CT molecular complexity index is 726. The van der Waals surface area contributed by atoms with Crippen LogP contribution in [0.1, 0.15) is 5.56 Å². The first-order valence-electron chi connectivity index (χ1n) is 6.22. The molecule has 106 valence electrons. The van der Waals surface area contributed by atoms with E-state index in [1.807, 2.05) is 0 Å². The van der Waals surface area contributed by atoms with Gasteiger partial charge in [-0.25, -0.2) is 23.4 Å². The number of hydrogen-bond donors (Lipinski definition) is 1. The second-order valence-corrected chi connectivity index (χ2v) is 4.31. The molecule has 2 aromatic heterocycles. The number of nitrogens with zero attached hydrogens (tertiary/aromatic N) is 4. The van der Waals surface area contributed by atoms with E-state index in [0.717, 1.165) is 6.07 Å². The fourth-order valence-corrected chi connectivity index (χ4v) is 1.83. The molecule has 5 nitrogen and oxygen atoms in total. The largest absolute Gasteiger partial charge is 0.380 e. The van der Waals surface area contributed by atoms with Crippen LogP contribution in [0.15, 0.2) is 49.2 Å². The number of nitrogens with one attached hydrogen (secondary N) is 1. The van der Waals surface area contributed by atoms with Crippen LogP contribution < -0.4 is 5.32 Å². The first-order valence-corrected chi connectivity index (χ1v) is 6.22. The Hall–Kier alpha value is -2.83. The summed E-state index contributed by atoms with van der Waals surface area (Å²) in [7, 11) is 0. The zero-order chi connectivity index (χ0) is 14.7. The van der Waals surface area contributed by atoms with Crippen molar-refractivity contribution < 1.29 is 8.78 Å². The van der Waals surface area contributed by atoms with Gasteiger partial charge in [-0.1, -0.05) is 12.1 Å². The van der Waals surface area contributed by atoms with Gasteiger partial charge in [0.2, 0.25) is 0 Å². The van der Waals surface area contributed by atoms with Gasteiger partial charge in [-0.3, -0.25) is 0 Å². The van der Waals surface area contributed by atoms with Gasteiger partial charge in [0.05, 0.1) is 11.9 Å². The lowest BCUT2D eigenvalue weighted by Crippen LogP contribution is -2.04. The standard InChI is InChI=1S/C14H11F2N5/c15-12-3-1-2-10(14(12)16)6-18-11-4-5-13(19-7-11)21-9-17-8-20-21/h1-5,7-9,18H,6H2. The third-order valence-corrected chi connectivity index (χ3v) is 2.92. The summed E-state index contributed by atoms with van der Waals surface area (Å²) in [4.78, 5) is 8.04. The van der Waals surface area contributed by atoms with Crippen LogP contribution in [-0.4, -0.2) is 19.7 Å². The fourth-order valence-electron chi connectivity index (χ4n) is 1.83. The van der Waals surface area contributed by atoms with Gasteiger partial charge in [0.15, 0.2) is 17.5 Å². The molecule has 2 heterocycles. The summed E-state index contributed by atoms with van der Waals surface area (Å²) in [5.74, 6) is -1.07. The quantitative estimate of drug-likeness (QED) is 0.801. The van der Waals surface area contributed by atoms with Gasteiger partial charge in [0.25, 0.3) is 0 Å². The summed E-state index contributed by atoms with van der Waals surface area (Å²) < 4.78 is 28.1. The predicted octanol–water partition coefficient (Wildman–Crippen LogP) is 2.55. The first kappa shape index (κ1) is 13.2. The van der Waals surface area contributed by atoms with Crippen molar-refractivity contribution in [2.75, 3.05) is 5.32 Å². The van der Waals surface area contributed by atoms with Gasteiger partial charge in [0.1, 0.15) is 12.7 Å². The molecule has 0 atom stereocenters. The van der Waals surface area contributed by atoms with E-state index in [9.17, 15) is 8.78 Å². The SMILES string of the molecule is Fc1cccc(CNc2ccc(-n3cncn3)nc2)c1F. The minimum atomic E-state index is -0.853. The second-order valence-electron chi connectivity index (χ2n) is 4.31. The Kier molecular flexibility index (Phi) is 3.55. The van der Waals surface area contributed by atoms with E-state index in [0.29, 0.717) is 11.5 Å². The van der Waals surface area contributed by atoms with E-state index in [1.54, 1.807) is 18.3 Å². The maximum absolute atomic E-state index is 13.5. The predicted molar refractivity (Wildman–Crippen MR) is 72.8 cm³/mol. The van der Waals surface area contributed by atoms with Crippen molar-refractivity contribution in [2.45, 2.75) is 6.54 Å². The highest BCUT2D eigenvalue weighted by atomic mass is 19.2. The third kappa shape index (κ3) is 2.86. The summed E-state index contributed by atoms with van der Waals surface area (Å²) in [6, 6.07) is 7.62. The molecule has 7 heteroatoms. The molecule has 0 amide bonds. The molecule has 0 aliphatic rings. The average Bonchev–Trinajstić information content (AvgIpc) is 3.04. The molecule has 1 N–H and O–H groups in total. The monoisotopic (exact) mass is 287 g/mol. The molecule has 0 aliphatic heterocycles. The van der Waals surface area contributed by atoms with Crippen LogP contribution in [-0.2, 0) is 6.54 Å². The molecule has 3 rings (SSSR count). The van der Waals surface area contributed by atoms with Crippen molar-refractivity contribution in [1.82, 2.24) is 19.7 Å². The summed E-state index contributed by atoms with van der Waals surface area (Å²) in [6.07, 6.45) is 4.55. The zero-order valence-electron chi connectivity index (χ0n) is 10.9. The molecule has 0 spiro atoms. The molecule has 0 saturated carbocycles. The number of anilines is 1. The van der Waals surface area contributed by atoms with Crippen molar-refractivity contribution >= 4 is 5.69 Å². The number of aromatic nitrogens is 4. The van der Waals surface area contributed by atoms with Gasteiger partial charge < -0.3 is 5.32 Å². The number of pyridine rings is 1. The third-order valence-electron chi connectivity index (χ3n) is 2.92. The summed E-state index contributed by atoms with van der Waals surface area (Å²) in [5, 5.41) is 6.95. The lowest BCUT2D eigenvalue weighted by atomic mass is 10.2. The zero-order valence-corrected chi connectivity index (χ0v) is 10.9. The highest BCUT2D eigenvalue weighted by molar-refractivity contribution is 5.44. The fraction of sp³-hybridized carbons (Fsp3) is 0.0714. The van der Waals surface area contributed by atoms with Gasteiger partial charge in [-0.05, 0) is 18.2 Å². The van der Waals surface area contributed by atoms with Crippen molar-refractivity contribution in [3.8, 4) is 5.82 Å². The average molecular weight is 287 g/mol. The van der Waals surface area contributed by atoms with Crippen LogP contribution in [0, 0.1) is 11.6 Å². The minimum absolute atomic E-state index is 0.175. The van der Waals surface area contributed by atoms with Crippen LogP contribution in [0.5, 0.6) is 0 Å². The van der Waals surface area contributed by atoms with Crippen LogP contribution >= 0.6 is 0 Å². The summed E-state index contributed by atoms with van der Waals surface area (Å²) in [5.41, 5.74) is 0.956. The Labute approximate surface area is 119 Å². The molecule has 21 heavy (non-hydrogen) atoms. The molecule has 0 unspecified atom stereocenters. The van der Waals surface area contributed by atoms with E-state index < -0.39 is 11.6 Å². The van der Waals surface area contributed by atoms with E-state index >= 15 is 0 Å². The maximum atomic E-state index is 13.5. The number of benzene rings is 1. The van der Waals surface area contributed by atoms with E-state index in [4.69, 9.17) is 0 Å². The van der Waals surface area contributed by atoms with Crippen LogP contribution in [0.2, 0.25) is 0 Å². The molecular weight excluding hydrogens is 276 g/mol. The molecule has 3 aromatic rings. The number of hydrogen-bond acceptors (Lipinski definition) is 4. The molecule has 0 aliphatic carbocycles. The van der Waals surface area contributed by atoms with Crippen molar-refractivity contribution in [1.29, 1.82) is 0 Å². The number of halogens is 2. The van der Waals surface area contributed by atoms with Crippen LogP contribution in [0.25, 0.3) is 5.82 Å². The molecule has 1 aromatic carbocycles. The highest BCUT2D eigenvalue weighted by Crippen LogP contribution is 2.14. The van der Waals surface area contributed by atoms with E-state index in [1.165, 1.54) is 29.5 Å². The normalized spacial score (nSPS) is 10.6. The Morgan fingerprint density at radius 2 is 2.05 bits per heavy atom. The van der Waals surface area contributed by atoms with Gasteiger partial charge >= 0.3 is 0 Å². The number of rotatable bonds is 4. The molecule has 0 saturated heterocycles. The van der Waals surface area contributed by atoms with Crippen molar-refractivity contribution in [3.63, 3.8) is 0 Å². The maximum Gasteiger partial charge on any atom is 0.163 e. The smallest absolute Gasteiger partial charge is 0.163 e.